The van der Waals surface area contributed by atoms with Crippen LogP contribution in [0.3, 0.4) is 0 Å². The first-order chi connectivity index (χ1) is 3.93. The summed E-state index contributed by atoms with van der Waals surface area (Å²) in [5.41, 5.74) is 1.32. The molecule has 0 amide bonds. The number of thiophene rings is 1. The summed E-state index contributed by atoms with van der Waals surface area (Å²) in [6.45, 7) is 0. The topological polar surface area (TPSA) is 0 Å². The van der Waals surface area contributed by atoms with E-state index in [0.29, 0.717) is 0 Å². The molecule has 0 aliphatic heterocycles. The summed E-state index contributed by atoms with van der Waals surface area (Å²) < 4.78 is 0. The quantitative estimate of drug-likeness (QED) is 0.612. The van der Waals surface area contributed by atoms with Crippen molar-refractivity contribution in [3.63, 3.8) is 0 Å². The van der Waals surface area contributed by atoms with Gasteiger partial charge >= 0.3 is 0 Å². The average molecular weight is 143 g/mol. The summed E-state index contributed by atoms with van der Waals surface area (Å²) >= 11 is 3.48. The van der Waals surface area contributed by atoms with Gasteiger partial charge in [0.15, 0.2) is 0 Å². The Balaban J connectivity index is 2.50. The lowest BCUT2D eigenvalue weighted by molar-refractivity contribution is 1.48. The monoisotopic (exact) mass is 143 g/mol. The molecule has 1 aromatic rings. The van der Waals surface area contributed by atoms with Gasteiger partial charge in [-0.3, -0.25) is 0 Å². The van der Waals surface area contributed by atoms with Crippen LogP contribution >= 0.6 is 23.1 Å². The van der Waals surface area contributed by atoms with Crippen molar-refractivity contribution in [3.8, 4) is 0 Å². The molecule has 0 saturated carbocycles. The lowest BCUT2D eigenvalue weighted by atomic mass is 10.4. The van der Waals surface area contributed by atoms with Gasteiger partial charge in [0, 0.05) is 11.1 Å². The molecular weight excluding hydrogens is 136 g/mol. The van der Waals surface area contributed by atoms with Crippen molar-refractivity contribution >= 4 is 23.1 Å². The van der Waals surface area contributed by atoms with Crippen molar-refractivity contribution in [2.75, 3.05) is 6.26 Å². The van der Waals surface area contributed by atoms with Crippen LogP contribution in [0.4, 0.5) is 0 Å². The fraction of sp³-hybridized carbons (Fsp3) is 0.333. The molecule has 0 aliphatic rings. The Kier molecular flexibility index (Phi) is 2.43. The van der Waals surface area contributed by atoms with E-state index in [-0.39, 0.29) is 0 Å². The zero-order valence-electron chi connectivity index (χ0n) is 4.68. The molecule has 2 heteroatoms. The standard InChI is InChI=1S/C6H7S2/c1-7-4-6-2-3-8-5-6/h2-3H,4H2,1H3. The van der Waals surface area contributed by atoms with Gasteiger partial charge in [0.1, 0.15) is 0 Å². The lowest BCUT2D eigenvalue weighted by Crippen LogP contribution is -1.68. The molecule has 0 nitrogen and oxygen atoms in total. The van der Waals surface area contributed by atoms with Crippen LogP contribution < -0.4 is 0 Å². The van der Waals surface area contributed by atoms with Crippen molar-refractivity contribution in [1.82, 2.24) is 0 Å². The highest BCUT2D eigenvalue weighted by atomic mass is 32.2. The summed E-state index contributed by atoms with van der Waals surface area (Å²) in [4.78, 5) is 0. The maximum atomic E-state index is 3.16. The zero-order chi connectivity index (χ0) is 5.82. The maximum Gasteiger partial charge on any atom is 0.0486 e. The molecule has 0 atom stereocenters. The van der Waals surface area contributed by atoms with Crippen LogP contribution in [0.1, 0.15) is 5.56 Å². The summed E-state index contributed by atoms with van der Waals surface area (Å²) in [5, 5.41) is 5.22. The van der Waals surface area contributed by atoms with E-state index in [4.69, 9.17) is 0 Å². The van der Waals surface area contributed by atoms with E-state index >= 15 is 0 Å². The first-order valence-corrected chi connectivity index (χ1v) is 4.64. The van der Waals surface area contributed by atoms with Gasteiger partial charge in [-0.05, 0) is 23.3 Å². The van der Waals surface area contributed by atoms with E-state index < -0.39 is 0 Å². The highest BCUT2D eigenvalue weighted by Crippen LogP contribution is 2.10. The van der Waals surface area contributed by atoms with Crippen molar-refractivity contribution in [3.05, 3.63) is 22.4 Å². The lowest BCUT2D eigenvalue weighted by Gasteiger charge is -1.85. The van der Waals surface area contributed by atoms with E-state index in [9.17, 15) is 0 Å². The second-order valence-electron chi connectivity index (χ2n) is 1.48. The molecule has 0 unspecified atom stereocenters. The summed E-state index contributed by atoms with van der Waals surface area (Å²) in [5.74, 6) is 1.10. The third-order valence-corrected chi connectivity index (χ3v) is 2.08. The van der Waals surface area contributed by atoms with Crippen molar-refractivity contribution in [2.45, 2.75) is 5.75 Å². The Morgan fingerprint density at radius 3 is 3.25 bits per heavy atom. The van der Waals surface area contributed by atoms with Crippen LogP contribution in [0.15, 0.2) is 11.4 Å². The Hall–Kier alpha value is 0.0500. The minimum Gasteiger partial charge on any atom is -0.161 e. The molecule has 0 aliphatic carbocycles. The van der Waals surface area contributed by atoms with Gasteiger partial charge in [-0.2, -0.15) is 11.8 Å². The zero-order valence-corrected chi connectivity index (χ0v) is 6.31. The molecule has 0 saturated heterocycles. The van der Waals surface area contributed by atoms with E-state index in [1.54, 1.807) is 11.3 Å². The predicted octanol–water partition coefficient (Wildman–Crippen LogP) is 2.41. The molecule has 0 fully saturated rings. The Morgan fingerprint density at radius 1 is 1.88 bits per heavy atom. The van der Waals surface area contributed by atoms with Gasteiger partial charge < -0.3 is 0 Å². The minimum absolute atomic E-state index is 1.10. The molecule has 1 heterocycles. The molecule has 0 spiro atoms. The minimum atomic E-state index is 1.10. The second kappa shape index (κ2) is 3.15. The van der Waals surface area contributed by atoms with Crippen molar-refractivity contribution in [2.24, 2.45) is 0 Å². The second-order valence-corrected chi connectivity index (χ2v) is 3.06. The molecular formula is C6H7S2. The fourth-order valence-corrected chi connectivity index (χ4v) is 1.66. The third kappa shape index (κ3) is 1.53. The number of rotatable bonds is 2. The first-order valence-electron chi connectivity index (χ1n) is 2.36. The van der Waals surface area contributed by atoms with Gasteiger partial charge in [0.2, 0.25) is 0 Å². The predicted molar refractivity (Wildman–Crippen MR) is 40.4 cm³/mol. The smallest absolute Gasteiger partial charge is 0.0486 e. The normalized spacial score (nSPS) is 9.62. The molecule has 0 aromatic carbocycles. The van der Waals surface area contributed by atoms with Crippen LogP contribution in [-0.2, 0) is 5.75 Å². The average Bonchev–Trinajstić information content (AvgIpc) is 2.19. The van der Waals surface area contributed by atoms with Crippen LogP contribution in [-0.4, -0.2) is 6.26 Å². The largest absolute Gasteiger partial charge is 0.161 e. The first kappa shape index (κ1) is 6.17. The van der Waals surface area contributed by atoms with Gasteiger partial charge in [0.05, 0.1) is 0 Å². The van der Waals surface area contributed by atoms with Gasteiger partial charge in [0.25, 0.3) is 0 Å². The Labute approximate surface area is 57.9 Å². The molecule has 0 bridgehead atoms. The number of hydrogen-bond acceptors (Lipinski definition) is 2. The molecule has 43 valence electrons. The number of hydrogen-bond donors (Lipinski definition) is 0. The molecule has 8 heavy (non-hydrogen) atoms. The molecule has 1 radical (unpaired) electrons. The SMILES string of the molecule is CSCc1[c]scc1. The molecule has 1 aromatic heterocycles. The number of thioether (sulfide) groups is 1. The van der Waals surface area contributed by atoms with E-state index in [0.717, 1.165) is 5.75 Å². The van der Waals surface area contributed by atoms with Gasteiger partial charge in [-0.25, -0.2) is 0 Å². The van der Waals surface area contributed by atoms with Gasteiger partial charge in [-0.15, -0.1) is 11.3 Å². The van der Waals surface area contributed by atoms with Crippen molar-refractivity contribution < 1.29 is 0 Å². The van der Waals surface area contributed by atoms with Crippen LogP contribution in [0.5, 0.6) is 0 Å². The third-order valence-electron chi connectivity index (χ3n) is 0.827. The Morgan fingerprint density at radius 2 is 2.75 bits per heavy atom. The Bertz CT molecular complexity index is 132. The molecule has 0 N–H and O–H groups in total. The fourth-order valence-electron chi connectivity index (χ4n) is 0.493. The van der Waals surface area contributed by atoms with E-state index in [2.05, 4.69) is 23.1 Å². The molecule has 1 rings (SSSR count). The maximum absolute atomic E-state index is 3.16. The van der Waals surface area contributed by atoms with Gasteiger partial charge in [-0.1, -0.05) is 0 Å². The van der Waals surface area contributed by atoms with Crippen LogP contribution in [0, 0.1) is 5.38 Å². The highest BCUT2D eigenvalue weighted by molar-refractivity contribution is 7.97. The van der Waals surface area contributed by atoms with Crippen LogP contribution in [0.25, 0.3) is 0 Å². The summed E-state index contributed by atoms with van der Waals surface area (Å²) in [6, 6.07) is 2.11. The van der Waals surface area contributed by atoms with Crippen molar-refractivity contribution in [1.29, 1.82) is 0 Å². The summed E-state index contributed by atoms with van der Waals surface area (Å²) in [6.07, 6.45) is 2.10. The highest BCUT2D eigenvalue weighted by Gasteiger charge is 1.87. The van der Waals surface area contributed by atoms with Crippen LogP contribution in [0.2, 0.25) is 0 Å². The van der Waals surface area contributed by atoms with E-state index in [1.165, 1.54) is 5.56 Å². The summed E-state index contributed by atoms with van der Waals surface area (Å²) in [7, 11) is 0. The van der Waals surface area contributed by atoms with E-state index in [1.807, 2.05) is 11.8 Å².